The second-order valence-electron chi connectivity index (χ2n) is 7.30. The maximum Gasteiger partial charge on any atom is 0.329 e. The van der Waals surface area contributed by atoms with Gasteiger partial charge in [-0.2, -0.15) is 0 Å². The Morgan fingerprint density at radius 3 is 2.45 bits per heavy atom. The molecule has 2 aromatic carbocycles. The van der Waals surface area contributed by atoms with E-state index in [1.165, 1.54) is 36.3 Å². The molecule has 4 rings (SSSR count). The van der Waals surface area contributed by atoms with Crippen molar-refractivity contribution in [1.29, 1.82) is 0 Å². The predicted octanol–water partition coefficient (Wildman–Crippen LogP) is 2.82. The number of hydrogen-bond acceptors (Lipinski definition) is 5. The van der Waals surface area contributed by atoms with Gasteiger partial charge in [0.15, 0.2) is 0 Å². The van der Waals surface area contributed by atoms with Crippen LogP contribution in [-0.2, 0) is 29.0 Å². The molecule has 1 amide bonds. The van der Waals surface area contributed by atoms with Gasteiger partial charge >= 0.3 is 5.97 Å². The van der Waals surface area contributed by atoms with E-state index in [1.54, 1.807) is 13.4 Å². The molecular formula is C23H22FN3O4. The van der Waals surface area contributed by atoms with Crippen molar-refractivity contribution in [2.75, 3.05) is 14.2 Å². The summed E-state index contributed by atoms with van der Waals surface area (Å²) >= 11 is 0. The van der Waals surface area contributed by atoms with Gasteiger partial charge < -0.3 is 18.9 Å². The van der Waals surface area contributed by atoms with Crippen molar-refractivity contribution in [3.05, 3.63) is 83.2 Å². The summed E-state index contributed by atoms with van der Waals surface area (Å²) in [5.74, 6) is -0.531. The molecule has 3 aromatic rings. The number of aromatic nitrogens is 2. The maximum absolute atomic E-state index is 13.3. The van der Waals surface area contributed by atoms with Gasteiger partial charge in [-0.25, -0.2) is 14.2 Å². The molecular weight excluding hydrogens is 401 g/mol. The number of rotatable bonds is 5. The monoisotopic (exact) mass is 423 g/mol. The van der Waals surface area contributed by atoms with Gasteiger partial charge in [-0.05, 0) is 42.0 Å². The van der Waals surface area contributed by atoms with Crippen LogP contribution < -0.4 is 4.74 Å². The molecule has 0 radical (unpaired) electrons. The second-order valence-corrected chi connectivity index (χ2v) is 7.30. The highest BCUT2D eigenvalue weighted by Gasteiger charge is 2.38. The van der Waals surface area contributed by atoms with Crippen LogP contribution in [0.1, 0.15) is 27.3 Å². The topological polar surface area (TPSA) is 73.7 Å². The molecule has 0 saturated heterocycles. The van der Waals surface area contributed by atoms with Crippen LogP contribution in [-0.4, -0.2) is 46.6 Å². The third kappa shape index (κ3) is 4.14. The van der Waals surface area contributed by atoms with Crippen LogP contribution >= 0.6 is 0 Å². The van der Waals surface area contributed by atoms with E-state index in [4.69, 9.17) is 9.47 Å². The van der Waals surface area contributed by atoms with Gasteiger partial charge in [-0.1, -0.05) is 12.1 Å². The lowest BCUT2D eigenvalue weighted by Gasteiger charge is -2.34. The molecule has 1 aliphatic rings. The highest BCUT2D eigenvalue weighted by Crippen LogP contribution is 2.26. The van der Waals surface area contributed by atoms with Crippen molar-refractivity contribution in [3.8, 4) is 5.75 Å². The summed E-state index contributed by atoms with van der Waals surface area (Å²) < 4.78 is 25.4. The van der Waals surface area contributed by atoms with Crippen LogP contribution in [0, 0.1) is 5.82 Å². The summed E-state index contributed by atoms with van der Waals surface area (Å²) in [6, 6.07) is 12.2. The number of imidazole rings is 1. The first kappa shape index (κ1) is 20.6. The van der Waals surface area contributed by atoms with Gasteiger partial charge in [-0.3, -0.25) is 4.79 Å². The molecule has 1 aliphatic heterocycles. The summed E-state index contributed by atoms with van der Waals surface area (Å²) in [5, 5.41) is 0. The van der Waals surface area contributed by atoms with Gasteiger partial charge in [0, 0.05) is 18.5 Å². The summed E-state index contributed by atoms with van der Waals surface area (Å²) in [4.78, 5) is 31.5. The highest BCUT2D eigenvalue weighted by atomic mass is 19.1. The zero-order valence-electron chi connectivity index (χ0n) is 17.2. The quantitative estimate of drug-likeness (QED) is 0.590. The third-order valence-electron chi connectivity index (χ3n) is 5.45. The minimum absolute atomic E-state index is 0.196. The van der Waals surface area contributed by atoms with Gasteiger partial charge in [0.05, 0.1) is 38.5 Å². The molecule has 0 fully saturated rings. The Morgan fingerprint density at radius 1 is 1.10 bits per heavy atom. The van der Waals surface area contributed by atoms with E-state index >= 15 is 0 Å². The fraction of sp³-hybridized carbons (Fsp3) is 0.261. The number of carbonyl (C=O) groups excluding carboxylic acids is 2. The Hall–Kier alpha value is -3.68. The molecule has 0 aliphatic carbocycles. The number of nitrogens with zero attached hydrogens (tertiary/aromatic N) is 3. The van der Waals surface area contributed by atoms with Crippen LogP contribution in [0.25, 0.3) is 0 Å². The van der Waals surface area contributed by atoms with Crippen LogP contribution in [0.5, 0.6) is 5.75 Å². The first-order valence-electron chi connectivity index (χ1n) is 9.80. The number of esters is 1. The first-order valence-corrected chi connectivity index (χ1v) is 9.80. The number of halogens is 1. The summed E-state index contributed by atoms with van der Waals surface area (Å²) in [7, 11) is 2.91. The Bertz CT molecular complexity index is 1090. The Labute approximate surface area is 179 Å². The lowest BCUT2D eigenvalue weighted by Crippen LogP contribution is -2.49. The fourth-order valence-corrected chi connectivity index (χ4v) is 3.75. The Morgan fingerprint density at radius 2 is 1.81 bits per heavy atom. The third-order valence-corrected chi connectivity index (χ3v) is 5.45. The van der Waals surface area contributed by atoms with Crippen molar-refractivity contribution in [1.82, 2.24) is 14.5 Å². The largest absolute Gasteiger partial charge is 0.497 e. The van der Waals surface area contributed by atoms with E-state index in [0.717, 1.165) is 22.7 Å². The van der Waals surface area contributed by atoms with E-state index < -0.39 is 17.8 Å². The van der Waals surface area contributed by atoms with E-state index in [0.29, 0.717) is 12.1 Å². The Balaban J connectivity index is 1.63. The van der Waals surface area contributed by atoms with Gasteiger partial charge in [0.1, 0.15) is 17.6 Å². The van der Waals surface area contributed by atoms with Crippen molar-refractivity contribution in [2.45, 2.75) is 25.6 Å². The molecule has 0 saturated carbocycles. The van der Waals surface area contributed by atoms with Crippen LogP contribution in [0.4, 0.5) is 4.39 Å². The van der Waals surface area contributed by atoms with Crippen LogP contribution in [0.3, 0.4) is 0 Å². The number of ether oxygens (including phenoxy) is 2. The fourth-order valence-electron chi connectivity index (χ4n) is 3.75. The number of benzene rings is 2. The molecule has 8 heteroatoms. The van der Waals surface area contributed by atoms with Crippen LogP contribution in [0.2, 0.25) is 0 Å². The zero-order chi connectivity index (χ0) is 22.0. The number of carbonyl (C=O) groups is 2. The molecule has 0 N–H and O–H groups in total. The SMILES string of the molecule is COC(=O)C1Cc2ncn(Cc3ccc(OC)cc3)c2CN1C(=O)c1ccc(F)cc1. The Kier molecular flexibility index (Phi) is 5.70. The summed E-state index contributed by atoms with van der Waals surface area (Å²) in [6.45, 7) is 0.759. The molecule has 31 heavy (non-hydrogen) atoms. The molecule has 1 aromatic heterocycles. The molecule has 160 valence electrons. The number of methoxy groups -OCH3 is 2. The summed E-state index contributed by atoms with van der Waals surface area (Å²) in [6.07, 6.45) is 1.97. The maximum atomic E-state index is 13.3. The van der Waals surface area contributed by atoms with E-state index in [1.807, 2.05) is 28.8 Å². The van der Waals surface area contributed by atoms with Crippen LogP contribution in [0.15, 0.2) is 54.9 Å². The van der Waals surface area contributed by atoms with Crippen molar-refractivity contribution in [3.63, 3.8) is 0 Å². The van der Waals surface area contributed by atoms with E-state index in [9.17, 15) is 14.0 Å². The minimum atomic E-state index is -0.792. The molecule has 1 atom stereocenters. The van der Waals surface area contributed by atoms with Gasteiger partial charge in [0.2, 0.25) is 0 Å². The van der Waals surface area contributed by atoms with E-state index in [2.05, 4.69) is 4.98 Å². The number of amides is 1. The zero-order valence-corrected chi connectivity index (χ0v) is 17.2. The summed E-state index contributed by atoms with van der Waals surface area (Å²) in [5.41, 5.74) is 2.96. The van der Waals surface area contributed by atoms with Crippen molar-refractivity contribution >= 4 is 11.9 Å². The molecule has 1 unspecified atom stereocenters. The first-order chi connectivity index (χ1) is 15.0. The molecule has 2 heterocycles. The normalized spacial score (nSPS) is 15.3. The number of hydrogen-bond donors (Lipinski definition) is 0. The molecule has 0 bridgehead atoms. The molecule has 7 nitrogen and oxygen atoms in total. The standard InChI is InChI=1S/C23H22FN3O4/c1-30-18-9-3-15(4-10-18)12-26-14-25-19-11-20(23(29)31-2)27(13-21(19)26)22(28)16-5-7-17(24)8-6-16/h3-10,14,20H,11-13H2,1-2H3. The second kappa shape index (κ2) is 8.59. The average Bonchev–Trinajstić information content (AvgIpc) is 3.19. The smallest absolute Gasteiger partial charge is 0.329 e. The lowest BCUT2D eigenvalue weighted by atomic mass is 10.0. The van der Waals surface area contributed by atoms with Gasteiger partial charge in [-0.15, -0.1) is 0 Å². The highest BCUT2D eigenvalue weighted by molar-refractivity contribution is 5.97. The molecule has 0 spiro atoms. The predicted molar refractivity (Wildman–Crippen MR) is 110 cm³/mol. The van der Waals surface area contributed by atoms with E-state index in [-0.39, 0.29) is 18.9 Å². The minimum Gasteiger partial charge on any atom is -0.497 e. The average molecular weight is 423 g/mol. The van der Waals surface area contributed by atoms with Gasteiger partial charge in [0.25, 0.3) is 5.91 Å². The number of fused-ring (bicyclic) bond motifs is 1. The van der Waals surface area contributed by atoms with Crippen molar-refractivity contribution < 1.29 is 23.5 Å². The lowest BCUT2D eigenvalue weighted by molar-refractivity contribution is -0.146. The van der Waals surface area contributed by atoms with Crippen molar-refractivity contribution in [2.24, 2.45) is 0 Å².